The summed E-state index contributed by atoms with van der Waals surface area (Å²) in [6.07, 6.45) is 2.66. The Balaban J connectivity index is 1.47. The van der Waals surface area contributed by atoms with Gasteiger partial charge in [-0.2, -0.15) is 0 Å². The topological polar surface area (TPSA) is 41.6 Å². The molecule has 25 heavy (non-hydrogen) atoms. The fourth-order valence-electron chi connectivity index (χ4n) is 3.68. The van der Waals surface area contributed by atoms with Crippen LogP contribution in [0.3, 0.4) is 0 Å². The lowest BCUT2D eigenvalue weighted by Crippen LogP contribution is -2.35. The Bertz CT molecular complexity index is 745. The first-order chi connectivity index (χ1) is 12.3. The van der Waals surface area contributed by atoms with E-state index < -0.39 is 0 Å². The molecule has 0 spiro atoms. The van der Waals surface area contributed by atoms with Crippen LogP contribution in [-0.4, -0.2) is 30.5 Å². The van der Waals surface area contributed by atoms with Crippen molar-refractivity contribution in [1.82, 2.24) is 10.2 Å². The number of hydrogen-bond donors (Lipinski definition) is 1. The highest BCUT2D eigenvalue weighted by atomic mass is 16.5. The van der Waals surface area contributed by atoms with Gasteiger partial charge in [-0.3, -0.25) is 4.79 Å². The number of carbonyl (C=O) groups excluding carboxylic acids is 1. The molecule has 0 unspecified atom stereocenters. The van der Waals surface area contributed by atoms with E-state index in [2.05, 4.69) is 47.8 Å². The van der Waals surface area contributed by atoms with Gasteiger partial charge >= 0.3 is 0 Å². The fourth-order valence-corrected chi connectivity index (χ4v) is 3.68. The second kappa shape index (κ2) is 7.28. The molecule has 4 rings (SSSR count). The van der Waals surface area contributed by atoms with Gasteiger partial charge in [-0.05, 0) is 29.2 Å². The Morgan fingerprint density at radius 3 is 2.80 bits per heavy atom. The van der Waals surface area contributed by atoms with Crippen LogP contribution < -0.4 is 10.1 Å². The molecule has 2 aliphatic heterocycles. The van der Waals surface area contributed by atoms with E-state index in [0.717, 1.165) is 44.8 Å². The first-order valence-corrected chi connectivity index (χ1v) is 9.10. The van der Waals surface area contributed by atoms with Gasteiger partial charge in [0.15, 0.2) is 0 Å². The molecule has 4 nitrogen and oxygen atoms in total. The van der Waals surface area contributed by atoms with Crippen molar-refractivity contribution in [2.24, 2.45) is 0 Å². The van der Waals surface area contributed by atoms with E-state index in [1.165, 1.54) is 16.7 Å². The molecule has 0 saturated carbocycles. The molecular weight excluding hydrogens is 312 g/mol. The summed E-state index contributed by atoms with van der Waals surface area (Å²) >= 11 is 0. The van der Waals surface area contributed by atoms with E-state index in [1.807, 2.05) is 11.0 Å². The minimum Gasteiger partial charge on any atom is -0.493 e. The van der Waals surface area contributed by atoms with E-state index in [1.54, 1.807) is 0 Å². The minimum absolute atomic E-state index is 0.146. The molecule has 4 heteroatoms. The Morgan fingerprint density at radius 2 is 2.00 bits per heavy atom. The zero-order chi connectivity index (χ0) is 17.1. The molecule has 0 aliphatic carbocycles. The average molecular weight is 336 g/mol. The predicted octanol–water partition coefficient (Wildman–Crippen LogP) is 3.07. The van der Waals surface area contributed by atoms with Crippen molar-refractivity contribution in [3.05, 3.63) is 65.2 Å². The van der Waals surface area contributed by atoms with Gasteiger partial charge in [-0.15, -0.1) is 0 Å². The first kappa shape index (κ1) is 16.2. The summed E-state index contributed by atoms with van der Waals surface area (Å²) in [5.41, 5.74) is 3.79. The van der Waals surface area contributed by atoms with E-state index in [0.29, 0.717) is 6.42 Å². The summed E-state index contributed by atoms with van der Waals surface area (Å²) < 4.78 is 5.58. The third-order valence-electron chi connectivity index (χ3n) is 5.08. The summed E-state index contributed by atoms with van der Waals surface area (Å²) in [4.78, 5) is 14.0. The number of nitrogens with zero attached hydrogens (tertiary/aromatic N) is 1. The number of amides is 1. The number of hydrogen-bond acceptors (Lipinski definition) is 3. The van der Waals surface area contributed by atoms with Crippen LogP contribution in [-0.2, 0) is 17.8 Å². The van der Waals surface area contributed by atoms with E-state index >= 15 is 0 Å². The summed E-state index contributed by atoms with van der Waals surface area (Å²) in [6.45, 7) is 3.18. The molecule has 2 heterocycles. The quantitative estimate of drug-likeness (QED) is 0.881. The summed E-state index contributed by atoms with van der Waals surface area (Å²) in [7, 11) is 0. The van der Waals surface area contributed by atoms with E-state index in [4.69, 9.17) is 4.74 Å². The number of likely N-dealkylation sites (tertiary alicyclic amines) is 1. The van der Waals surface area contributed by atoms with Crippen LogP contribution in [0.2, 0.25) is 0 Å². The van der Waals surface area contributed by atoms with E-state index in [9.17, 15) is 4.79 Å². The third-order valence-corrected chi connectivity index (χ3v) is 5.08. The maximum Gasteiger partial charge on any atom is 0.222 e. The van der Waals surface area contributed by atoms with Crippen LogP contribution in [0.25, 0.3) is 0 Å². The molecule has 130 valence electrons. The Hall–Kier alpha value is -2.33. The molecule has 2 aromatic rings. The van der Waals surface area contributed by atoms with Crippen LogP contribution in [0.5, 0.6) is 5.75 Å². The normalized spacial score (nSPS) is 17.4. The highest BCUT2D eigenvalue weighted by Crippen LogP contribution is 2.26. The molecule has 1 amide bonds. The van der Waals surface area contributed by atoms with Gasteiger partial charge < -0.3 is 15.0 Å². The zero-order valence-electron chi connectivity index (χ0n) is 14.4. The zero-order valence-corrected chi connectivity index (χ0v) is 14.4. The van der Waals surface area contributed by atoms with Crippen LogP contribution >= 0.6 is 0 Å². The molecule has 0 aromatic heterocycles. The molecule has 1 atom stereocenters. The molecule has 1 fully saturated rings. The largest absolute Gasteiger partial charge is 0.493 e. The van der Waals surface area contributed by atoms with E-state index in [-0.39, 0.29) is 11.9 Å². The monoisotopic (exact) mass is 336 g/mol. The van der Waals surface area contributed by atoms with Gasteiger partial charge in [-0.25, -0.2) is 0 Å². The van der Waals surface area contributed by atoms with Crippen molar-refractivity contribution in [2.45, 2.75) is 31.8 Å². The number of fused-ring (bicyclic) bond motifs is 1. The van der Waals surface area contributed by atoms with Crippen LogP contribution in [0, 0.1) is 0 Å². The molecular formula is C21H24N2O2. The average Bonchev–Trinajstić information content (AvgIpc) is 3.27. The number of benzene rings is 2. The second-order valence-corrected chi connectivity index (χ2v) is 6.83. The molecule has 1 N–H and O–H groups in total. The predicted molar refractivity (Wildman–Crippen MR) is 97.5 cm³/mol. The van der Waals surface area contributed by atoms with Gasteiger partial charge in [0.1, 0.15) is 5.75 Å². The molecule has 2 aliphatic rings. The van der Waals surface area contributed by atoms with Crippen molar-refractivity contribution in [1.29, 1.82) is 0 Å². The Morgan fingerprint density at radius 1 is 1.12 bits per heavy atom. The first-order valence-electron chi connectivity index (χ1n) is 9.10. The van der Waals surface area contributed by atoms with Crippen molar-refractivity contribution >= 4 is 5.91 Å². The second-order valence-electron chi connectivity index (χ2n) is 6.83. The van der Waals surface area contributed by atoms with Gasteiger partial charge in [-0.1, -0.05) is 42.5 Å². The smallest absolute Gasteiger partial charge is 0.222 e. The fraction of sp³-hybridized carbons (Fsp3) is 0.381. The van der Waals surface area contributed by atoms with Crippen LogP contribution in [0.4, 0.5) is 0 Å². The van der Waals surface area contributed by atoms with Crippen LogP contribution in [0.1, 0.15) is 35.6 Å². The van der Waals surface area contributed by atoms with Gasteiger partial charge in [0.05, 0.1) is 12.6 Å². The highest BCUT2D eigenvalue weighted by Gasteiger charge is 2.24. The summed E-state index contributed by atoms with van der Waals surface area (Å²) in [5.74, 6) is 1.29. The lowest BCUT2D eigenvalue weighted by molar-refractivity contribution is -0.128. The standard InChI is InChI=1S/C21H24N2O2/c24-21-7-4-11-23(21)15-19(17-5-2-1-3-6-17)22-14-16-8-9-20-18(13-16)10-12-25-20/h1-3,5-6,8-9,13,19,22H,4,7,10-12,14-15H2/t19-/m0/s1. The number of rotatable bonds is 6. The van der Waals surface area contributed by atoms with Crippen molar-refractivity contribution in [3.63, 3.8) is 0 Å². The van der Waals surface area contributed by atoms with Gasteiger partial charge in [0.25, 0.3) is 0 Å². The van der Waals surface area contributed by atoms with Gasteiger partial charge in [0.2, 0.25) is 5.91 Å². The number of ether oxygens (including phenoxy) is 1. The number of carbonyl (C=O) groups is 1. The molecule has 1 saturated heterocycles. The van der Waals surface area contributed by atoms with Gasteiger partial charge in [0, 0.05) is 32.5 Å². The SMILES string of the molecule is O=C1CCCN1C[C@H](NCc1ccc2c(c1)CCO2)c1ccccc1. The van der Waals surface area contributed by atoms with Crippen LogP contribution in [0.15, 0.2) is 48.5 Å². The summed E-state index contributed by atoms with van der Waals surface area (Å²) in [5, 5.41) is 3.66. The Kier molecular flexibility index (Phi) is 4.70. The molecule has 0 radical (unpaired) electrons. The molecule has 0 bridgehead atoms. The lowest BCUT2D eigenvalue weighted by Gasteiger charge is -2.25. The lowest BCUT2D eigenvalue weighted by atomic mass is 10.0. The third kappa shape index (κ3) is 3.69. The highest BCUT2D eigenvalue weighted by molar-refractivity contribution is 5.78. The Labute approximate surface area is 148 Å². The minimum atomic E-state index is 0.146. The van der Waals surface area contributed by atoms with Crippen molar-refractivity contribution in [2.75, 3.05) is 19.7 Å². The van der Waals surface area contributed by atoms with Crippen molar-refractivity contribution in [3.8, 4) is 5.75 Å². The maximum absolute atomic E-state index is 12.0. The van der Waals surface area contributed by atoms with Crippen molar-refractivity contribution < 1.29 is 9.53 Å². The maximum atomic E-state index is 12.0. The number of nitrogens with one attached hydrogen (secondary N) is 1. The molecule has 2 aromatic carbocycles. The summed E-state index contributed by atoms with van der Waals surface area (Å²) in [6, 6.07) is 17.0.